The van der Waals surface area contributed by atoms with Gasteiger partial charge < -0.3 is 4.57 Å². The summed E-state index contributed by atoms with van der Waals surface area (Å²) in [4.78, 5) is 15.8. The molecule has 0 radical (unpaired) electrons. The summed E-state index contributed by atoms with van der Waals surface area (Å²) in [5.74, 6) is 1.93. The molecule has 11 aromatic rings. The van der Waals surface area contributed by atoms with Crippen LogP contribution in [0.2, 0.25) is 0 Å². The Labute approximate surface area is 345 Å². The molecule has 0 bridgehead atoms. The van der Waals surface area contributed by atoms with Gasteiger partial charge in [0.1, 0.15) is 0 Å². The second-order valence-electron chi connectivity index (χ2n) is 16.0. The van der Waals surface area contributed by atoms with Crippen molar-refractivity contribution in [3.05, 3.63) is 193 Å². The first kappa shape index (κ1) is 33.9. The number of thiophene rings is 1. The third kappa shape index (κ3) is 5.11. The maximum Gasteiger partial charge on any atom is 0.166 e. The lowest BCUT2D eigenvalue weighted by molar-refractivity contribution is 0.660. The molecule has 0 N–H and O–H groups in total. The van der Waals surface area contributed by atoms with Crippen molar-refractivity contribution in [3.8, 4) is 62.1 Å². The zero-order chi connectivity index (χ0) is 39.2. The molecular weight excluding hydrogens is 737 g/mol. The monoisotopic (exact) mass is 772 g/mol. The van der Waals surface area contributed by atoms with Crippen LogP contribution in [0, 0.1) is 0 Å². The van der Waals surface area contributed by atoms with E-state index in [9.17, 15) is 0 Å². The molecule has 278 valence electrons. The Morgan fingerprint density at radius 1 is 0.407 bits per heavy atom. The van der Waals surface area contributed by atoms with E-state index in [1.54, 1.807) is 0 Å². The minimum atomic E-state index is -0.150. The van der Waals surface area contributed by atoms with E-state index in [4.69, 9.17) is 15.0 Å². The Balaban J connectivity index is 1.11. The van der Waals surface area contributed by atoms with Crippen molar-refractivity contribution in [3.63, 3.8) is 0 Å². The number of para-hydroxylation sites is 2. The molecule has 0 aliphatic heterocycles. The lowest BCUT2D eigenvalue weighted by Gasteiger charge is -2.21. The van der Waals surface area contributed by atoms with Crippen molar-refractivity contribution in [1.82, 2.24) is 19.5 Å². The molecule has 0 saturated carbocycles. The average molecular weight is 773 g/mol. The van der Waals surface area contributed by atoms with Gasteiger partial charge in [-0.2, -0.15) is 0 Å². The van der Waals surface area contributed by atoms with Gasteiger partial charge in [0.2, 0.25) is 0 Å². The van der Waals surface area contributed by atoms with Gasteiger partial charge >= 0.3 is 0 Å². The quantitative estimate of drug-likeness (QED) is 0.175. The van der Waals surface area contributed by atoms with Crippen molar-refractivity contribution >= 4 is 53.3 Å². The molecule has 8 aromatic carbocycles. The molecule has 0 saturated heterocycles. The first-order valence-electron chi connectivity index (χ1n) is 20.1. The predicted molar refractivity (Wildman–Crippen MR) is 246 cm³/mol. The summed E-state index contributed by atoms with van der Waals surface area (Å²) in [5, 5.41) is 4.96. The Hall–Kier alpha value is -7.21. The number of fused-ring (bicyclic) bond motifs is 10. The zero-order valence-corrected chi connectivity index (χ0v) is 33.3. The van der Waals surface area contributed by atoms with Crippen LogP contribution in [-0.2, 0) is 5.41 Å². The highest BCUT2D eigenvalue weighted by molar-refractivity contribution is 7.27. The highest BCUT2D eigenvalue weighted by atomic mass is 32.1. The molecule has 0 unspecified atom stereocenters. The maximum absolute atomic E-state index is 5.36. The lowest BCUT2D eigenvalue weighted by Crippen LogP contribution is -2.15. The molecule has 1 aliphatic carbocycles. The number of nitrogens with zero attached hydrogens (tertiary/aromatic N) is 4. The Kier molecular flexibility index (Phi) is 7.41. The van der Waals surface area contributed by atoms with Gasteiger partial charge in [0.15, 0.2) is 17.5 Å². The van der Waals surface area contributed by atoms with Gasteiger partial charge in [0.05, 0.1) is 21.4 Å². The van der Waals surface area contributed by atoms with Crippen LogP contribution in [0.3, 0.4) is 0 Å². The van der Waals surface area contributed by atoms with Gasteiger partial charge in [-0.05, 0) is 57.6 Å². The Bertz CT molecular complexity index is 3470. The number of hydrogen-bond donors (Lipinski definition) is 0. The summed E-state index contributed by atoms with van der Waals surface area (Å²) in [6, 6.07) is 65.1. The third-order valence-electron chi connectivity index (χ3n) is 12.3. The molecule has 0 atom stereocenters. The minimum Gasteiger partial charge on any atom is -0.307 e. The van der Waals surface area contributed by atoms with Crippen LogP contribution in [0.5, 0.6) is 0 Å². The molecule has 0 spiro atoms. The summed E-state index contributed by atoms with van der Waals surface area (Å²) < 4.78 is 5.00. The molecule has 1 aliphatic rings. The van der Waals surface area contributed by atoms with Crippen molar-refractivity contribution in [2.24, 2.45) is 0 Å². The van der Waals surface area contributed by atoms with Crippen molar-refractivity contribution in [2.75, 3.05) is 0 Å². The topological polar surface area (TPSA) is 43.6 Å². The van der Waals surface area contributed by atoms with Gasteiger partial charge in [-0.1, -0.05) is 172 Å². The fraction of sp³-hybridized carbons (Fsp3) is 0.0556. The highest BCUT2D eigenvalue weighted by Crippen LogP contribution is 2.50. The standard InChI is InChI=1S/C54H36N4S/c1-54(2)44-25-12-9-20-37(44)38-29-28-35(32-45(38)54)52-55-51(34-18-7-4-8-19-34)56-53(57-52)43-22-11-14-27-47(43)58-46-26-13-10-21-39(46)40-30-31-42-41-24-15-23-36(33-16-5-3-6-17-33)49(41)59-50(42)48(40)58/h3-32H,1-2H3. The van der Waals surface area contributed by atoms with E-state index in [-0.39, 0.29) is 5.41 Å². The second kappa shape index (κ2) is 12.9. The van der Waals surface area contributed by atoms with E-state index in [0.717, 1.165) is 27.9 Å². The lowest BCUT2D eigenvalue weighted by atomic mass is 9.82. The van der Waals surface area contributed by atoms with Gasteiger partial charge in [0, 0.05) is 48.4 Å². The Morgan fingerprint density at radius 2 is 1.00 bits per heavy atom. The van der Waals surface area contributed by atoms with E-state index >= 15 is 0 Å². The van der Waals surface area contributed by atoms with Crippen molar-refractivity contribution in [2.45, 2.75) is 19.3 Å². The van der Waals surface area contributed by atoms with E-state index in [2.05, 4.69) is 182 Å². The summed E-state index contributed by atoms with van der Waals surface area (Å²) in [6.45, 7) is 4.63. The molecule has 59 heavy (non-hydrogen) atoms. The van der Waals surface area contributed by atoms with Crippen LogP contribution in [-0.4, -0.2) is 19.5 Å². The minimum absolute atomic E-state index is 0.150. The molecule has 12 rings (SSSR count). The van der Waals surface area contributed by atoms with Crippen LogP contribution in [0.1, 0.15) is 25.0 Å². The molecule has 4 nitrogen and oxygen atoms in total. The molecule has 0 amide bonds. The fourth-order valence-electron chi connectivity index (χ4n) is 9.44. The first-order chi connectivity index (χ1) is 29.0. The van der Waals surface area contributed by atoms with Gasteiger partial charge in [-0.25, -0.2) is 15.0 Å². The molecule has 3 heterocycles. The average Bonchev–Trinajstić information content (AvgIpc) is 3.92. The number of rotatable bonds is 5. The van der Waals surface area contributed by atoms with Gasteiger partial charge in [-0.15, -0.1) is 11.3 Å². The number of hydrogen-bond acceptors (Lipinski definition) is 4. The maximum atomic E-state index is 5.36. The highest BCUT2D eigenvalue weighted by Gasteiger charge is 2.35. The molecular formula is C54H36N4S. The van der Waals surface area contributed by atoms with E-state index in [1.165, 1.54) is 69.8 Å². The Morgan fingerprint density at radius 3 is 1.83 bits per heavy atom. The first-order valence-corrected chi connectivity index (χ1v) is 20.9. The molecule has 0 fully saturated rings. The third-order valence-corrected chi connectivity index (χ3v) is 13.5. The van der Waals surface area contributed by atoms with Crippen molar-refractivity contribution < 1.29 is 0 Å². The van der Waals surface area contributed by atoms with Crippen LogP contribution in [0.15, 0.2) is 182 Å². The molecule has 3 aromatic heterocycles. The van der Waals surface area contributed by atoms with E-state index < -0.39 is 0 Å². The fourth-order valence-corrected chi connectivity index (χ4v) is 10.8. The van der Waals surface area contributed by atoms with E-state index in [1.807, 2.05) is 29.5 Å². The number of aromatic nitrogens is 4. The molecule has 5 heteroatoms. The van der Waals surface area contributed by atoms with Crippen LogP contribution < -0.4 is 0 Å². The SMILES string of the molecule is CC1(C)c2ccccc2-c2ccc(-c3nc(-c4ccccc4)nc(-c4ccccc4-n4c5ccccc5c5ccc6c7cccc(-c8ccccc8)c7sc6c54)n3)cc21. The summed E-state index contributed by atoms with van der Waals surface area (Å²) in [6.07, 6.45) is 0. The summed E-state index contributed by atoms with van der Waals surface area (Å²) >= 11 is 1.88. The normalized spacial score (nSPS) is 13.1. The van der Waals surface area contributed by atoms with Crippen LogP contribution in [0.4, 0.5) is 0 Å². The zero-order valence-electron chi connectivity index (χ0n) is 32.5. The van der Waals surface area contributed by atoms with Crippen LogP contribution >= 0.6 is 11.3 Å². The number of benzene rings is 8. The largest absolute Gasteiger partial charge is 0.307 e. The van der Waals surface area contributed by atoms with Gasteiger partial charge in [0.25, 0.3) is 0 Å². The summed E-state index contributed by atoms with van der Waals surface area (Å²) in [5.41, 5.74) is 13.7. The van der Waals surface area contributed by atoms with E-state index in [0.29, 0.717) is 17.5 Å². The second-order valence-corrected chi connectivity index (χ2v) is 17.0. The summed E-state index contributed by atoms with van der Waals surface area (Å²) in [7, 11) is 0. The van der Waals surface area contributed by atoms with Gasteiger partial charge in [-0.3, -0.25) is 0 Å². The smallest absolute Gasteiger partial charge is 0.166 e. The van der Waals surface area contributed by atoms with Crippen molar-refractivity contribution in [1.29, 1.82) is 0 Å². The van der Waals surface area contributed by atoms with Crippen LogP contribution in [0.25, 0.3) is 104 Å². The predicted octanol–water partition coefficient (Wildman–Crippen LogP) is 14.3.